The SMILES string of the molecule is CC.CC.Cc1nn(C)c(C)c1-c1c(F)ccc2c(CCCOc3cccc4cc(F)ccc34)c(C(=O)O)[nH]c12. The van der Waals surface area contributed by atoms with E-state index in [9.17, 15) is 14.3 Å². The molecule has 2 N–H and O–H groups in total. The van der Waals surface area contributed by atoms with Gasteiger partial charge in [0.2, 0.25) is 0 Å². The molecule has 5 rings (SSSR count). The second kappa shape index (κ2) is 13.2. The van der Waals surface area contributed by atoms with Crippen molar-refractivity contribution in [1.82, 2.24) is 14.8 Å². The van der Waals surface area contributed by atoms with Crippen LogP contribution in [0, 0.1) is 25.5 Å². The van der Waals surface area contributed by atoms with Crippen LogP contribution in [0.15, 0.2) is 48.5 Å². The van der Waals surface area contributed by atoms with Crippen LogP contribution in [0.1, 0.15) is 61.6 Å². The number of carboxylic acids is 1. The summed E-state index contributed by atoms with van der Waals surface area (Å²) in [6.07, 6.45) is 0.944. The summed E-state index contributed by atoms with van der Waals surface area (Å²) in [5.74, 6) is -1.23. The first-order valence-electron chi connectivity index (χ1n) is 13.6. The maximum atomic E-state index is 15.1. The molecular weight excluding hydrogens is 512 g/mol. The number of hydrogen-bond donors (Lipinski definition) is 2. The fraction of sp³-hybridized carbons (Fsp3) is 0.312. The van der Waals surface area contributed by atoms with E-state index in [-0.39, 0.29) is 11.5 Å². The fourth-order valence-electron chi connectivity index (χ4n) is 4.90. The first kappa shape index (κ1) is 30.3. The predicted molar refractivity (Wildman–Crippen MR) is 157 cm³/mol. The number of ether oxygens (including phenoxy) is 1. The molecule has 0 atom stereocenters. The Morgan fingerprint density at radius 1 is 1.00 bits per heavy atom. The van der Waals surface area contributed by atoms with Gasteiger partial charge in [0.05, 0.1) is 17.8 Å². The highest BCUT2D eigenvalue weighted by atomic mass is 19.1. The minimum atomic E-state index is -1.11. The number of nitrogens with one attached hydrogen (secondary N) is 1. The van der Waals surface area contributed by atoms with Crippen LogP contribution in [0.3, 0.4) is 0 Å². The van der Waals surface area contributed by atoms with E-state index in [1.807, 2.05) is 53.7 Å². The summed E-state index contributed by atoms with van der Waals surface area (Å²) in [6, 6.07) is 13.0. The highest BCUT2D eigenvalue weighted by Crippen LogP contribution is 2.37. The van der Waals surface area contributed by atoms with Crippen LogP contribution >= 0.6 is 0 Å². The predicted octanol–water partition coefficient (Wildman–Crippen LogP) is 8.38. The Balaban J connectivity index is 0.00000106. The molecule has 0 bridgehead atoms. The first-order chi connectivity index (χ1) is 19.3. The molecule has 0 radical (unpaired) electrons. The third-order valence-corrected chi connectivity index (χ3v) is 6.64. The van der Waals surface area contributed by atoms with Gasteiger partial charge in [0.1, 0.15) is 23.1 Å². The molecule has 0 saturated carbocycles. The number of aromatic amines is 1. The van der Waals surface area contributed by atoms with E-state index in [0.29, 0.717) is 58.5 Å². The minimum Gasteiger partial charge on any atom is -0.493 e. The Morgan fingerprint density at radius 2 is 1.70 bits per heavy atom. The van der Waals surface area contributed by atoms with Gasteiger partial charge in [0.25, 0.3) is 0 Å². The standard InChI is InChI=1S/C28H25F2N3O3.2C2H6/c1-15-24(16(2)33(3)32-15)25-22(30)12-11-21-20(27(28(34)35)31-26(21)25)7-5-13-36-23-8-4-6-17-14-18(29)9-10-19(17)23;2*1-2/h4,6,8-12,14,31H,5,7,13H2,1-3H3,(H,34,35);2*1-2H3. The summed E-state index contributed by atoms with van der Waals surface area (Å²) in [6.45, 7) is 12.0. The van der Waals surface area contributed by atoms with Crippen LogP contribution in [-0.4, -0.2) is 32.4 Å². The Kier molecular flexibility index (Phi) is 10.0. The summed E-state index contributed by atoms with van der Waals surface area (Å²) in [7, 11) is 1.79. The van der Waals surface area contributed by atoms with Crippen molar-refractivity contribution in [1.29, 1.82) is 0 Å². The van der Waals surface area contributed by atoms with Crippen molar-refractivity contribution >= 4 is 27.6 Å². The van der Waals surface area contributed by atoms with E-state index in [0.717, 1.165) is 16.5 Å². The molecule has 3 aromatic carbocycles. The largest absolute Gasteiger partial charge is 0.493 e. The lowest BCUT2D eigenvalue weighted by Crippen LogP contribution is -2.04. The molecule has 0 spiro atoms. The highest BCUT2D eigenvalue weighted by Gasteiger charge is 2.24. The van der Waals surface area contributed by atoms with Crippen molar-refractivity contribution in [2.75, 3.05) is 6.61 Å². The van der Waals surface area contributed by atoms with Gasteiger partial charge >= 0.3 is 5.97 Å². The average Bonchev–Trinajstić information content (AvgIpc) is 3.44. The summed E-state index contributed by atoms with van der Waals surface area (Å²) in [4.78, 5) is 15.1. The zero-order valence-corrected chi connectivity index (χ0v) is 24.2. The summed E-state index contributed by atoms with van der Waals surface area (Å²) in [5.41, 5.74) is 3.51. The monoisotopic (exact) mass is 549 g/mol. The summed E-state index contributed by atoms with van der Waals surface area (Å²) < 4.78 is 36.3. The lowest BCUT2D eigenvalue weighted by Gasteiger charge is -2.10. The van der Waals surface area contributed by atoms with Gasteiger partial charge in [-0.2, -0.15) is 5.10 Å². The van der Waals surface area contributed by atoms with E-state index in [2.05, 4.69) is 10.1 Å². The molecule has 0 aliphatic carbocycles. The van der Waals surface area contributed by atoms with E-state index in [4.69, 9.17) is 4.74 Å². The molecule has 0 fully saturated rings. The topological polar surface area (TPSA) is 80.1 Å². The van der Waals surface area contributed by atoms with Crippen molar-refractivity contribution in [3.05, 3.63) is 82.8 Å². The number of nitrogens with zero attached hydrogens (tertiary/aromatic N) is 2. The average molecular weight is 550 g/mol. The molecular formula is C32H37F2N3O3. The number of hydrogen-bond acceptors (Lipinski definition) is 3. The number of aryl methyl sites for hydroxylation is 3. The lowest BCUT2D eigenvalue weighted by atomic mass is 9.98. The molecule has 2 aromatic heterocycles. The maximum absolute atomic E-state index is 15.1. The molecule has 40 heavy (non-hydrogen) atoms. The third-order valence-electron chi connectivity index (χ3n) is 6.64. The first-order valence-corrected chi connectivity index (χ1v) is 13.6. The number of carbonyl (C=O) groups is 1. The van der Waals surface area contributed by atoms with Crippen molar-refractivity contribution in [2.24, 2.45) is 7.05 Å². The summed E-state index contributed by atoms with van der Waals surface area (Å²) >= 11 is 0. The number of carboxylic acid groups (broad SMARTS) is 1. The molecule has 8 heteroatoms. The van der Waals surface area contributed by atoms with Crippen LogP contribution in [0.4, 0.5) is 8.78 Å². The molecule has 212 valence electrons. The van der Waals surface area contributed by atoms with Crippen LogP contribution < -0.4 is 4.74 Å². The van der Waals surface area contributed by atoms with Gasteiger partial charge in [-0.15, -0.1) is 0 Å². The number of fused-ring (bicyclic) bond motifs is 2. The number of benzene rings is 3. The molecule has 0 aliphatic rings. The lowest BCUT2D eigenvalue weighted by molar-refractivity contribution is 0.0690. The van der Waals surface area contributed by atoms with Gasteiger partial charge < -0.3 is 14.8 Å². The van der Waals surface area contributed by atoms with Gasteiger partial charge in [-0.05, 0) is 74.0 Å². The van der Waals surface area contributed by atoms with Crippen molar-refractivity contribution < 1.29 is 23.4 Å². The van der Waals surface area contributed by atoms with E-state index in [1.54, 1.807) is 29.9 Å². The second-order valence-corrected chi connectivity index (χ2v) is 8.87. The number of rotatable bonds is 7. The zero-order chi connectivity index (χ0) is 29.6. The maximum Gasteiger partial charge on any atom is 0.352 e. The quantitative estimate of drug-likeness (QED) is 0.200. The van der Waals surface area contributed by atoms with Gasteiger partial charge in [-0.3, -0.25) is 4.68 Å². The second-order valence-electron chi connectivity index (χ2n) is 8.87. The van der Waals surface area contributed by atoms with Crippen molar-refractivity contribution in [3.63, 3.8) is 0 Å². The van der Waals surface area contributed by atoms with Crippen LogP contribution in [0.2, 0.25) is 0 Å². The van der Waals surface area contributed by atoms with Gasteiger partial charge in [0, 0.05) is 34.6 Å². The van der Waals surface area contributed by atoms with Crippen molar-refractivity contribution in [2.45, 2.75) is 54.4 Å². The Hall–Kier alpha value is -4.20. The van der Waals surface area contributed by atoms with Crippen LogP contribution in [0.25, 0.3) is 32.8 Å². The van der Waals surface area contributed by atoms with Gasteiger partial charge in [-0.1, -0.05) is 39.8 Å². The minimum absolute atomic E-state index is 0.0386. The van der Waals surface area contributed by atoms with E-state index in [1.165, 1.54) is 18.2 Å². The summed E-state index contributed by atoms with van der Waals surface area (Å²) in [5, 5.41) is 16.5. The van der Waals surface area contributed by atoms with Crippen LogP contribution in [0.5, 0.6) is 5.75 Å². The van der Waals surface area contributed by atoms with Crippen LogP contribution in [-0.2, 0) is 13.5 Å². The number of aromatic carboxylic acids is 1. The Bertz CT molecular complexity index is 1640. The third kappa shape index (κ3) is 5.86. The Labute approximate surface area is 233 Å². The number of halogens is 2. The van der Waals surface area contributed by atoms with E-state index >= 15 is 4.39 Å². The van der Waals surface area contributed by atoms with Crippen molar-refractivity contribution in [3.8, 4) is 16.9 Å². The molecule has 2 heterocycles. The molecule has 0 saturated heterocycles. The van der Waals surface area contributed by atoms with E-state index < -0.39 is 11.8 Å². The van der Waals surface area contributed by atoms with Gasteiger partial charge in [0.15, 0.2) is 0 Å². The normalized spacial score (nSPS) is 10.6. The number of H-pyrrole nitrogens is 1. The molecule has 6 nitrogen and oxygen atoms in total. The molecule has 0 aliphatic heterocycles. The smallest absolute Gasteiger partial charge is 0.352 e. The fourth-order valence-corrected chi connectivity index (χ4v) is 4.90. The molecule has 0 amide bonds. The highest BCUT2D eigenvalue weighted by molar-refractivity contribution is 6.03. The molecule has 5 aromatic rings. The number of aromatic nitrogens is 3. The Morgan fingerprint density at radius 3 is 2.35 bits per heavy atom. The van der Waals surface area contributed by atoms with Gasteiger partial charge in [-0.25, -0.2) is 13.6 Å². The zero-order valence-electron chi connectivity index (χ0n) is 24.2. The molecule has 0 unspecified atom stereocenters.